The third kappa shape index (κ3) is 5.46. The van der Waals surface area contributed by atoms with Gasteiger partial charge in [-0.25, -0.2) is 13.7 Å². The number of nitrogens with one attached hydrogen (secondary N) is 2. The van der Waals surface area contributed by atoms with E-state index >= 15 is 0 Å². The van der Waals surface area contributed by atoms with Crippen molar-refractivity contribution in [2.24, 2.45) is 0 Å². The quantitative estimate of drug-likeness (QED) is 0.420. The fraction of sp³-hybridized carbons (Fsp3) is 0.400. The smallest absolute Gasteiger partial charge is 0.409 e. The maximum atomic E-state index is 14.2. The molecular formula is C25H28FN7O4. The number of alkyl halides is 1. The van der Waals surface area contributed by atoms with Crippen molar-refractivity contribution in [1.29, 1.82) is 5.26 Å². The van der Waals surface area contributed by atoms with Crippen molar-refractivity contribution in [2.45, 2.75) is 38.1 Å². The van der Waals surface area contributed by atoms with Gasteiger partial charge in [0.15, 0.2) is 0 Å². The van der Waals surface area contributed by atoms with Gasteiger partial charge in [0.1, 0.15) is 12.2 Å². The predicted octanol–water partition coefficient (Wildman–Crippen LogP) is 2.36. The lowest BCUT2D eigenvalue weighted by Crippen LogP contribution is -2.54. The molecule has 0 saturated carbocycles. The zero-order valence-corrected chi connectivity index (χ0v) is 20.7. The van der Waals surface area contributed by atoms with Crippen LogP contribution in [0.25, 0.3) is 16.9 Å². The summed E-state index contributed by atoms with van der Waals surface area (Å²) in [4.78, 5) is 30.9. The average molecular weight is 510 g/mol. The molecule has 0 aliphatic carbocycles. The van der Waals surface area contributed by atoms with Gasteiger partial charge >= 0.3 is 6.09 Å². The van der Waals surface area contributed by atoms with Gasteiger partial charge < -0.3 is 25.4 Å². The Morgan fingerprint density at radius 2 is 2.14 bits per heavy atom. The topological polar surface area (TPSA) is 145 Å². The minimum atomic E-state index is -1.67. The number of aromatic nitrogens is 3. The summed E-state index contributed by atoms with van der Waals surface area (Å²) in [6.45, 7) is 3.21. The number of fused-ring (bicyclic) bond motifs is 1. The number of carbonyl (C=O) groups is 2. The number of amides is 2. The first kappa shape index (κ1) is 25.8. The molecule has 1 fully saturated rings. The standard InChI is InChI=1S/C25H28FN7O4/c1-25(2,36)22(26)14-30-23(34)18-13-29-20(21-5-4-16-8-15(10-27)11-31-33(16)21)9-19(18)28-12-17-6-7-32(17)24(35)37-3/h4-5,8-9,11,13,17,22,36H,6-7,12,14H2,1-3H3,(H,28,29)(H,30,34)/t17-,22+/m0/s1. The molecule has 37 heavy (non-hydrogen) atoms. The van der Waals surface area contributed by atoms with E-state index in [1.807, 2.05) is 0 Å². The molecule has 1 saturated heterocycles. The van der Waals surface area contributed by atoms with Gasteiger partial charge in [0.25, 0.3) is 5.91 Å². The summed E-state index contributed by atoms with van der Waals surface area (Å²) in [7, 11) is 1.32. The molecule has 4 heterocycles. The van der Waals surface area contributed by atoms with Crippen molar-refractivity contribution in [3.63, 3.8) is 0 Å². The van der Waals surface area contributed by atoms with E-state index in [1.165, 1.54) is 33.4 Å². The number of anilines is 1. The number of ether oxygens (including phenoxy) is 1. The van der Waals surface area contributed by atoms with Crippen LogP contribution in [0, 0.1) is 11.3 Å². The van der Waals surface area contributed by atoms with Crippen LogP contribution < -0.4 is 10.6 Å². The number of nitrogens with zero attached hydrogens (tertiary/aromatic N) is 5. The summed E-state index contributed by atoms with van der Waals surface area (Å²) in [5, 5.41) is 29.0. The first-order valence-electron chi connectivity index (χ1n) is 11.7. The molecule has 0 bridgehead atoms. The second-order valence-electron chi connectivity index (χ2n) is 9.34. The van der Waals surface area contributed by atoms with Crippen molar-refractivity contribution < 1.29 is 23.8 Å². The van der Waals surface area contributed by atoms with Gasteiger partial charge in [-0.1, -0.05) is 0 Å². The Kier molecular flexibility index (Phi) is 7.26. The maximum absolute atomic E-state index is 14.2. The van der Waals surface area contributed by atoms with Crippen LogP contribution in [0.4, 0.5) is 14.9 Å². The van der Waals surface area contributed by atoms with Gasteiger partial charge in [0, 0.05) is 19.3 Å². The first-order valence-corrected chi connectivity index (χ1v) is 11.7. The summed E-state index contributed by atoms with van der Waals surface area (Å²) in [6.07, 6.45) is 1.51. The van der Waals surface area contributed by atoms with E-state index in [1.54, 1.807) is 33.7 Å². The van der Waals surface area contributed by atoms with E-state index in [-0.39, 0.29) is 18.2 Å². The zero-order valence-electron chi connectivity index (χ0n) is 20.7. The molecule has 2 amide bonds. The Bertz CT molecular complexity index is 1360. The average Bonchev–Trinajstić information content (AvgIpc) is 3.28. The molecule has 0 radical (unpaired) electrons. The molecule has 2 atom stereocenters. The summed E-state index contributed by atoms with van der Waals surface area (Å²) >= 11 is 0. The Labute approximate surface area is 212 Å². The number of rotatable bonds is 8. The van der Waals surface area contributed by atoms with Crippen LogP contribution in [0.3, 0.4) is 0 Å². The molecule has 3 aromatic heterocycles. The summed E-state index contributed by atoms with van der Waals surface area (Å²) in [5.41, 5.74) is 1.28. The van der Waals surface area contributed by atoms with Crippen LogP contribution in [0.15, 0.2) is 36.7 Å². The molecule has 3 aromatic rings. The highest BCUT2D eigenvalue weighted by molar-refractivity contribution is 6.00. The largest absolute Gasteiger partial charge is 0.453 e. The van der Waals surface area contributed by atoms with Gasteiger partial charge in [-0.2, -0.15) is 10.4 Å². The van der Waals surface area contributed by atoms with Crippen LogP contribution in [0.1, 0.15) is 36.2 Å². The zero-order chi connectivity index (χ0) is 26.7. The van der Waals surface area contributed by atoms with Crippen LogP contribution >= 0.6 is 0 Å². The molecular weight excluding hydrogens is 481 g/mol. The normalized spacial score (nSPS) is 16.0. The molecule has 3 N–H and O–H groups in total. The van der Waals surface area contributed by atoms with E-state index in [4.69, 9.17) is 10.00 Å². The van der Waals surface area contributed by atoms with Gasteiger partial charge in [0.05, 0.1) is 65.2 Å². The number of carbonyl (C=O) groups excluding carboxylic acids is 2. The molecule has 0 aromatic carbocycles. The van der Waals surface area contributed by atoms with E-state index in [9.17, 15) is 19.1 Å². The second-order valence-corrected chi connectivity index (χ2v) is 9.34. The van der Waals surface area contributed by atoms with Crippen LogP contribution in [0.2, 0.25) is 0 Å². The van der Waals surface area contributed by atoms with Crippen molar-refractivity contribution >= 4 is 23.2 Å². The second kappa shape index (κ2) is 10.4. The molecule has 0 unspecified atom stereocenters. The van der Waals surface area contributed by atoms with Crippen LogP contribution in [-0.4, -0.2) is 81.2 Å². The van der Waals surface area contributed by atoms with E-state index in [0.717, 1.165) is 6.42 Å². The lowest BCUT2D eigenvalue weighted by atomic mass is 10.0. The van der Waals surface area contributed by atoms with E-state index in [0.29, 0.717) is 41.2 Å². The number of halogens is 1. The highest BCUT2D eigenvalue weighted by Crippen LogP contribution is 2.27. The summed E-state index contributed by atoms with van der Waals surface area (Å²) < 4.78 is 20.7. The van der Waals surface area contributed by atoms with Crippen molar-refractivity contribution in [3.8, 4) is 17.5 Å². The molecule has 1 aliphatic rings. The van der Waals surface area contributed by atoms with Crippen LogP contribution in [0.5, 0.6) is 0 Å². The first-order chi connectivity index (χ1) is 17.6. The van der Waals surface area contributed by atoms with Crippen LogP contribution in [-0.2, 0) is 4.74 Å². The van der Waals surface area contributed by atoms with Crippen molar-refractivity contribution in [2.75, 3.05) is 32.1 Å². The molecule has 0 spiro atoms. The summed E-state index contributed by atoms with van der Waals surface area (Å²) in [6, 6.07) is 8.92. The van der Waals surface area contributed by atoms with Gasteiger partial charge in [-0.3, -0.25) is 9.78 Å². The minimum Gasteiger partial charge on any atom is -0.453 e. The fourth-order valence-corrected chi connectivity index (χ4v) is 3.94. The summed E-state index contributed by atoms with van der Waals surface area (Å²) in [5.74, 6) is -0.566. The van der Waals surface area contributed by atoms with Gasteiger partial charge in [-0.15, -0.1) is 0 Å². The Morgan fingerprint density at radius 3 is 2.78 bits per heavy atom. The Morgan fingerprint density at radius 1 is 1.35 bits per heavy atom. The van der Waals surface area contributed by atoms with Gasteiger partial charge in [-0.05, 0) is 44.5 Å². The number of likely N-dealkylation sites (tertiary alicyclic amines) is 1. The number of hydrogen-bond donors (Lipinski definition) is 3. The third-order valence-corrected chi connectivity index (χ3v) is 6.33. The highest BCUT2D eigenvalue weighted by atomic mass is 19.1. The predicted molar refractivity (Wildman–Crippen MR) is 133 cm³/mol. The lowest BCUT2D eigenvalue weighted by Gasteiger charge is -2.39. The lowest BCUT2D eigenvalue weighted by molar-refractivity contribution is -0.00178. The van der Waals surface area contributed by atoms with Crippen molar-refractivity contribution in [1.82, 2.24) is 24.8 Å². The molecule has 194 valence electrons. The van der Waals surface area contributed by atoms with Crippen molar-refractivity contribution in [3.05, 3.63) is 47.8 Å². The number of hydrogen-bond acceptors (Lipinski definition) is 8. The minimum absolute atomic E-state index is 0.120. The molecule has 11 nitrogen and oxygen atoms in total. The number of methoxy groups -OCH3 is 1. The molecule has 12 heteroatoms. The van der Waals surface area contributed by atoms with Gasteiger partial charge in [0.2, 0.25) is 0 Å². The fourth-order valence-electron chi connectivity index (χ4n) is 3.94. The Hall–Kier alpha value is -4.24. The number of pyridine rings is 1. The highest BCUT2D eigenvalue weighted by Gasteiger charge is 2.33. The third-order valence-electron chi connectivity index (χ3n) is 6.33. The number of aliphatic hydroxyl groups is 1. The monoisotopic (exact) mass is 509 g/mol. The Balaban J connectivity index is 1.62. The molecule has 1 aliphatic heterocycles. The SMILES string of the molecule is COC(=O)N1CC[C@H]1CNc1cc(-c2ccc3cc(C#N)cnn23)ncc1C(=O)NC[C@@H](F)C(C)(C)O. The van der Waals surface area contributed by atoms with E-state index < -0.39 is 23.8 Å². The molecule has 4 rings (SSSR count). The number of nitriles is 1. The van der Waals surface area contributed by atoms with E-state index in [2.05, 4.69) is 26.8 Å². The maximum Gasteiger partial charge on any atom is 0.409 e.